The van der Waals surface area contributed by atoms with Gasteiger partial charge >= 0.3 is 0 Å². The molecule has 7 aromatic carbocycles. The van der Waals surface area contributed by atoms with E-state index in [1.54, 1.807) is 0 Å². The number of hydrogen-bond donors (Lipinski definition) is 0. The molecule has 0 spiro atoms. The predicted molar refractivity (Wildman–Crippen MR) is 206 cm³/mol. The SMILES string of the molecule is CC(c1cn(C(c2ccccc2)(c2ccccc2)c2ccccc2)cn1)c1cccc2ccc(N=C(c3ccccc3)c3ccccc3)cc12. The first-order valence-electron chi connectivity index (χ1n) is 17.1. The standard InChI is InChI=1S/C47H37N3/c1-35(43-29-17-22-36-30-31-42(32-44(36)43)49-46(37-18-7-2-8-19-37)38-20-9-3-10-21-38)45-33-50(34-48-45)47(39-23-11-4-12-24-39,40-25-13-5-14-26-40)41-27-15-6-16-28-41/h2-35H,1H3. The molecule has 50 heavy (non-hydrogen) atoms. The van der Waals surface area contributed by atoms with Crippen LogP contribution in [0.2, 0.25) is 0 Å². The molecule has 1 aromatic heterocycles. The van der Waals surface area contributed by atoms with Crippen LogP contribution in [0.5, 0.6) is 0 Å². The molecular formula is C47H37N3. The van der Waals surface area contributed by atoms with Gasteiger partial charge in [-0.25, -0.2) is 9.98 Å². The van der Waals surface area contributed by atoms with Crippen molar-refractivity contribution in [3.8, 4) is 0 Å². The fraction of sp³-hybridized carbons (Fsp3) is 0.0638. The first-order chi connectivity index (χ1) is 24.7. The average Bonchev–Trinajstić information content (AvgIpc) is 3.69. The zero-order valence-corrected chi connectivity index (χ0v) is 28.0. The molecule has 0 bridgehead atoms. The van der Waals surface area contributed by atoms with Crippen molar-refractivity contribution in [3.63, 3.8) is 0 Å². The lowest BCUT2D eigenvalue weighted by atomic mass is 9.76. The van der Waals surface area contributed by atoms with Gasteiger partial charge in [0.2, 0.25) is 0 Å². The molecule has 3 nitrogen and oxygen atoms in total. The minimum absolute atomic E-state index is 0.0296. The van der Waals surface area contributed by atoms with Crippen molar-refractivity contribution in [2.24, 2.45) is 4.99 Å². The minimum atomic E-state index is -0.610. The molecular weight excluding hydrogens is 607 g/mol. The molecule has 0 saturated heterocycles. The smallest absolute Gasteiger partial charge is 0.121 e. The van der Waals surface area contributed by atoms with Crippen LogP contribution in [0, 0.1) is 0 Å². The predicted octanol–water partition coefficient (Wildman–Crippen LogP) is 11.2. The van der Waals surface area contributed by atoms with Gasteiger partial charge in [0.25, 0.3) is 0 Å². The molecule has 0 amide bonds. The van der Waals surface area contributed by atoms with Crippen molar-refractivity contribution >= 4 is 22.2 Å². The zero-order valence-electron chi connectivity index (χ0n) is 28.0. The molecule has 0 aliphatic carbocycles. The molecule has 0 saturated carbocycles. The van der Waals surface area contributed by atoms with Gasteiger partial charge in [-0.1, -0.05) is 183 Å². The Hall–Kier alpha value is -6.32. The number of fused-ring (bicyclic) bond motifs is 1. The fourth-order valence-electron chi connectivity index (χ4n) is 7.24. The van der Waals surface area contributed by atoms with E-state index in [-0.39, 0.29) is 5.92 Å². The van der Waals surface area contributed by atoms with Gasteiger partial charge in [0, 0.05) is 23.2 Å². The third kappa shape index (κ3) is 5.73. The lowest BCUT2D eigenvalue weighted by Crippen LogP contribution is -2.36. The molecule has 8 aromatic rings. The van der Waals surface area contributed by atoms with Gasteiger partial charge in [0.15, 0.2) is 0 Å². The van der Waals surface area contributed by atoms with Gasteiger partial charge < -0.3 is 4.57 Å². The number of hydrogen-bond acceptors (Lipinski definition) is 2. The zero-order chi connectivity index (χ0) is 33.8. The second-order valence-corrected chi connectivity index (χ2v) is 12.7. The Morgan fingerprint density at radius 1 is 0.560 bits per heavy atom. The van der Waals surface area contributed by atoms with Crippen LogP contribution in [0.4, 0.5) is 5.69 Å². The highest BCUT2D eigenvalue weighted by Crippen LogP contribution is 2.42. The molecule has 240 valence electrons. The summed E-state index contributed by atoms with van der Waals surface area (Å²) in [7, 11) is 0. The number of benzene rings is 7. The third-order valence-electron chi connectivity index (χ3n) is 9.71. The quantitative estimate of drug-likeness (QED) is 0.114. The monoisotopic (exact) mass is 643 g/mol. The average molecular weight is 644 g/mol. The summed E-state index contributed by atoms with van der Waals surface area (Å²) in [5, 5.41) is 2.36. The van der Waals surface area contributed by atoms with E-state index in [0.29, 0.717) is 0 Å². The van der Waals surface area contributed by atoms with Crippen molar-refractivity contribution in [2.45, 2.75) is 18.4 Å². The summed E-state index contributed by atoms with van der Waals surface area (Å²) in [6.45, 7) is 2.26. The maximum Gasteiger partial charge on any atom is 0.121 e. The van der Waals surface area contributed by atoms with E-state index in [1.165, 1.54) is 33.0 Å². The summed E-state index contributed by atoms with van der Waals surface area (Å²) in [5.41, 5.74) is 9.19. The van der Waals surface area contributed by atoms with Crippen molar-refractivity contribution in [1.29, 1.82) is 0 Å². The number of rotatable bonds is 9. The summed E-state index contributed by atoms with van der Waals surface area (Å²) in [4.78, 5) is 10.4. The summed E-state index contributed by atoms with van der Waals surface area (Å²) >= 11 is 0. The number of imidazole rings is 1. The van der Waals surface area contributed by atoms with Crippen molar-refractivity contribution < 1.29 is 0 Å². The van der Waals surface area contributed by atoms with Gasteiger partial charge in [-0.15, -0.1) is 0 Å². The summed E-state index contributed by atoms with van der Waals surface area (Å²) in [6, 6.07) is 66.2. The molecule has 3 heteroatoms. The van der Waals surface area contributed by atoms with Gasteiger partial charge in [-0.3, -0.25) is 0 Å². The molecule has 0 aliphatic heterocycles. The van der Waals surface area contributed by atoms with Crippen LogP contribution >= 0.6 is 0 Å². The van der Waals surface area contributed by atoms with E-state index >= 15 is 0 Å². The second kappa shape index (κ2) is 13.7. The molecule has 0 fully saturated rings. The largest absolute Gasteiger partial charge is 0.319 e. The molecule has 1 unspecified atom stereocenters. The highest BCUT2D eigenvalue weighted by molar-refractivity contribution is 6.14. The molecule has 0 radical (unpaired) electrons. The van der Waals surface area contributed by atoms with E-state index in [9.17, 15) is 0 Å². The fourth-order valence-corrected chi connectivity index (χ4v) is 7.24. The van der Waals surface area contributed by atoms with Crippen LogP contribution in [0.25, 0.3) is 10.8 Å². The van der Waals surface area contributed by atoms with Crippen LogP contribution in [-0.2, 0) is 5.54 Å². The van der Waals surface area contributed by atoms with Gasteiger partial charge in [0.05, 0.1) is 23.4 Å². The summed E-state index contributed by atoms with van der Waals surface area (Å²) in [5.74, 6) is 0.0296. The molecule has 8 rings (SSSR count). The molecule has 0 N–H and O–H groups in total. The first-order valence-corrected chi connectivity index (χ1v) is 17.1. The highest BCUT2D eigenvalue weighted by Gasteiger charge is 2.38. The molecule has 1 atom stereocenters. The van der Waals surface area contributed by atoms with E-state index in [0.717, 1.165) is 28.2 Å². The van der Waals surface area contributed by atoms with Gasteiger partial charge in [-0.2, -0.15) is 0 Å². The Bertz CT molecular complexity index is 2220. The van der Waals surface area contributed by atoms with Crippen LogP contribution in [-0.4, -0.2) is 15.3 Å². The summed E-state index contributed by atoms with van der Waals surface area (Å²) < 4.78 is 2.30. The maximum absolute atomic E-state index is 5.26. The van der Waals surface area contributed by atoms with E-state index < -0.39 is 5.54 Å². The van der Waals surface area contributed by atoms with Crippen molar-refractivity contribution in [1.82, 2.24) is 9.55 Å². The van der Waals surface area contributed by atoms with Crippen LogP contribution < -0.4 is 0 Å². The highest BCUT2D eigenvalue weighted by atomic mass is 15.1. The Kier molecular flexibility index (Phi) is 8.46. The van der Waals surface area contributed by atoms with E-state index in [2.05, 4.69) is 194 Å². The van der Waals surface area contributed by atoms with Crippen LogP contribution in [0.15, 0.2) is 206 Å². The Morgan fingerprint density at radius 2 is 1.06 bits per heavy atom. The topological polar surface area (TPSA) is 30.2 Å². The van der Waals surface area contributed by atoms with Gasteiger partial charge in [0.1, 0.15) is 5.54 Å². The Labute approximate surface area is 293 Å². The Morgan fingerprint density at radius 3 is 1.58 bits per heavy atom. The number of aromatic nitrogens is 2. The van der Waals surface area contributed by atoms with Gasteiger partial charge in [-0.05, 0) is 45.2 Å². The van der Waals surface area contributed by atoms with E-state index in [4.69, 9.17) is 9.98 Å². The molecule has 1 heterocycles. The Balaban J connectivity index is 1.25. The minimum Gasteiger partial charge on any atom is -0.319 e. The first kappa shape index (κ1) is 31.0. The maximum atomic E-state index is 5.26. The van der Waals surface area contributed by atoms with Crippen LogP contribution in [0.3, 0.4) is 0 Å². The lowest BCUT2D eigenvalue weighted by Gasteiger charge is -2.37. The third-order valence-corrected chi connectivity index (χ3v) is 9.71. The lowest BCUT2D eigenvalue weighted by molar-refractivity contribution is 0.514. The van der Waals surface area contributed by atoms with Crippen molar-refractivity contribution in [2.75, 3.05) is 0 Å². The molecule has 0 aliphatic rings. The van der Waals surface area contributed by atoms with Crippen LogP contribution in [0.1, 0.15) is 51.9 Å². The normalized spacial score (nSPS) is 12.0. The van der Waals surface area contributed by atoms with E-state index in [1.807, 2.05) is 18.5 Å². The van der Waals surface area contributed by atoms with Crippen molar-refractivity contribution in [3.05, 3.63) is 240 Å². The number of aliphatic imine (C=N–C) groups is 1. The summed E-state index contributed by atoms with van der Waals surface area (Å²) in [6.07, 6.45) is 4.24. The number of nitrogens with zero attached hydrogens (tertiary/aromatic N) is 3. The second-order valence-electron chi connectivity index (χ2n) is 12.7.